The molecule has 0 saturated carbocycles. The van der Waals surface area contributed by atoms with Gasteiger partial charge in [0.15, 0.2) is 5.17 Å². The van der Waals surface area contributed by atoms with Crippen LogP contribution < -0.4 is 15.8 Å². The van der Waals surface area contributed by atoms with Gasteiger partial charge in [0.1, 0.15) is 28.7 Å². The van der Waals surface area contributed by atoms with Gasteiger partial charge in [0.25, 0.3) is 5.91 Å². The third-order valence-electron chi connectivity index (χ3n) is 5.81. The summed E-state index contributed by atoms with van der Waals surface area (Å²) in [6.45, 7) is 4.38. The number of ether oxygens (including phenoxy) is 1. The number of halogens is 1. The summed E-state index contributed by atoms with van der Waals surface area (Å²) in [4.78, 5) is 17.4. The molecule has 3 heterocycles. The molecule has 2 aliphatic rings. The molecule has 1 spiro atoms. The number of rotatable bonds is 6. The first-order valence-corrected chi connectivity index (χ1v) is 11.9. The molecule has 2 aliphatic heterocycles. The molecule has 160 valence electrons. The number of aromatic nitrogens is 1. The van der Waals surface area contributed by atoms with E-state index < -0.39 is 5.54 Å². The zero-order valence-electron chi connectivity index (χ0n) is 17.0. The van der Waals surface area contributed by atoms with E-state index in [9.17, 15) is 4.79 Å². The zero-order chi connectivity index (χ0) is 21.3. The van der Waals surface area contributed by atoms with Crippen LogP contribution in [0.3, 0.4) is 0 Å². The number of aryl methyl sites for hydroxylation is 1. The lowest BCUT2D eigenvalue weighted by atomic mass is 9.72. The molecule has 0 fully saturated rings. The van der Waals surface area contributed by atoms with Gasteiger partial charge in [0, 0.05) is 28.3 Å². The number of nitrogens with one attached hydrogen (secondary N) is 1. The van der Waals surface area contributed by atoms with E-state index in [0.29, 0.717) is 23.0 Å². The molecule has 1 aromatic carbocycles. The fourth-order valence-electron chi connectivity index (χ4n) is 4.39. The maximum absolute atomic E-state index is 12.5. The SMILES string of the molecule is CCCC1Oc2ccc(Br)cc2C2(CSC(N)=N2)C1CCNC(=O)c1cnoc1C. The average molecular weight is 493 g/mol. The number of nitrogens with two attached hydrogens (primary N) is 1. The monoisotopic (exact) mass is 492 g/mol. The number of hydrogen-bond donors (Lipinski definition) is 2. The van der Waals surface area contributed by atoms with E-state index in [1.807, 2.05) is 12.1 Å². The van der Waals surface area contributed by atoms with Crippen molar-refractivity contribution in [2.24, 2.45) is 16.6 Å². The van der Waals surface area contributed by atoms with Crippen LogP contribution >= 0.6 is 27.7 Å². The van der Waals surface area contributed by atoms with Crippen molar-refractivity contribution in [3.8, 4) is 5.75 Å². The molecular formula is C21H25BrN4O3S. The highest BCUT2D eigenvalue weighted by molar-refractivity contribution is 9.10. The predicted molar refractivity (Wildman–Crippen MR) is 121 cm³/mol. The number of amidine groups is 1. The second kappa shape index (κ2) is 8.63. The number of fused-ring (bicyclic) bond motifs is 2. The van der Waals surface area contributed by atoms with Crippen molar-refractivity contribution < 1.29 is 14.1 Å². The van der Waals surface area contributed by atoms with Crippen molar-refractivity contribution in [3.05, 3.63) is 45.8 Å². The zero-order valence-corrected chi connectivity index (χ0v) is 19.4. The van der Waals surface area contributed by atoms with Gasteiger partial charge in [-0.3, -0.25) is 4.79 Å². The van der Waals surface area contributed by atoms with Crippen LogP contribution in [-0.2, 0) is 5.54 Å². The first kappa shape index (κ1) is 21.2. The third kappa shape index (κ3) is 3.85. The largest absolute Gasteiger partial charge is 0.490 e. The van der Waals surface area contributed by atoms with Crippen LogP contribution in [0.1, 0.15) is 47.9 Å². The Morgan fingerprint density at radius 1 is 1.43 bits per heavy atom. The molecule has 9 heteroatoms. The second-order valence-corrected chi connectivity index (χ2v) is 9.61. The molecule has 0 aliphatic carbocycles. The van der Waals surface area contributed by atoms with Gasteiger partial charge in [0.05, 0.1) is 6.20 Å². The second-order valence-electron chi connectivity index (χ2n) is 7.70. The fraction of sp³-hybridized carbons (Fsp3) is 0.476. The van der Waals surface area contributed by atoms with E-state index in [4.69, 9.17) is 20.0 Å². The minimum Gasteiger partial charge on any atom is -0.490 e. The van der Waals surface area contributed by atoms with Gasteiger partial charge in [0.2, 0.25) is 0 Å². The summed E-state index contributed by atoms with van der Waals surface area (Å²) in [5, 5.41) is 7.28. The molecule has 1 aromatic heterocycles. The summed E-state index contributed by atoms with van der Waals surface area (Å²) < 4.78 is 12.4. The summed E-state index contributed by atoms with van der Waals surface area (Å²) >= 11 is 5.17. The number of amides is 1. The number of benzene rings is 1. The van der Waals surface area contributed by atoms with E-state index in [-0.39, 0.29) is 17.9 Å². The maximum atomic E-state index is 12.5. The molecule has 3 unspecified atom stereocenters. The van der Waals surface area contributed by atoms with Crippen LogP contribution in [0.5, 0.6) is 5.75 Å². The van der Waals surface area contributed by atoms with Crippen molar-refractivity contribution in [2.75, 3.05) is 12.3 Å². The smallest absolute Gasteiger partial charge is 0.256 e. The Labute approximate surface area is 188 Å². The number of carbonyl (C=O) groups is 1. The van der Waals surface area contributed by atoms with Crippen LogP contribution in [0, 0.1) is 12.8 Å². The normalized spacial score (nSPS) is 25.0. The predicted octanol–water partition coefficient (Wildman–Crippen LogP) is 4.00. The third-order valence-corrected chi connectivity index (χ3v) is 7.27. The lowest BCUT2D eigenvalue weighted by Gasteiger charge is -2.45. The van der Waals surface area contributed by atoms with Gasteiger partial charge in [-0.25, -0.2) is 4.99 Å². The summed E-state index contributed by atoms with van der Waals surface area (Å²) in [5.74, 6) is 2.07. The average Bonchev–Trinajstić information content (AvgIpc) is 3.31. The van der Waals surface area contributed by atoms with E-state index in [1.54, 1.807) is 18.7 Å². The van der Waals surface area contributed by atoms with Gasteiger partial charge in [-0.15, -0.1) is 0 Å². The van der Waals surface area contributed by atoms with Crippen molar-refractivity contribution in [1.82, 2.24) is 10.5 Å². The first-order chi connectivity index (χ1) is 14.4. The molecule has 30 heavy (non-hydrogen) atoms. The summed E-state index contributed by atoms with van der Waals surface area (Å²) in [5.41, 5.74) is 7.21. The maximum Gasteiger partial charge on any atom is 0.256 e. The highest BCUT2D eigenvalue weighted by Gasteiger charge is 2.52. The standard InChI is InChI=1S/C21H25BrN4O3S/c1-3-4-17-15(7-8-24-19(27)14-10-25-29-12(14)2)21(11-30-20(23)26-21)16-9-13(22)5-6-18(16)28-17/h5-6,9-10,15,17H,3-4,7-8,11H2,1-2H3,(H2,23,26)(H,24,27). The summed E-state index contributed by atoms with van der Waals surface area (Å²) in [6.07, 6.45) is 4.10. The van der Waals surface area contributed by atoms with Crippen LogP contribution in [0.25, 0.3) is 0 Å². The van der Waals surface area contributed by atoms with Crippen LogP contribution in [0.15, 0.2) is 38.4 Å². The molecule has 0 saturated heterocycles. The van der Waals surface area contributed by atoms with Crippen molar-refractivity contribution in [1.29, 1.82) is 0 Å². The lowest BCUT2D eigenvalue weighted by molar-refractivity contribution is 0.0468. The molecule has 7 nitrogen and oxygen atoms in total. The molecule has 2 aromatic rings. The minimum absolute atomic E-state index is 0.00755. The van der Waals surface area contributed by atoms with Gasteiger partial charge < -0.3 is 20.3 Å². The Morgan fingerprint density at radius 3 is 2.93 bits per heavy atom. The van der Waals surface area contributed by atoms with E-state index in [1.165, 1.54) is 6.20 Å². The Bertz CT molecular complexity index is 979. The Kier molecular flexibility index (Phi) is 6.11. The van der Waals surface area contributed by atoms with Gasteiger partial charge in [-0.05, 0) is 38.0 Å². The van der Waals surface area contributed by atoms with Crippen molar-refractivity contribution in [3.63, 3.8) is 0 Å². The first-order valence-electron chi connectivity index (χ1n) is 10.1. The van der Waals surface area contributed by atoms with Gasteiger partial charge in [-0.1, -0.05) is 46.2 Å². The van der Waals surface area contributed by atoms with Crippen LogP contribution in [-0.4, -0.2) is 34.6 Å². The Hall–Kier alpha value is -2.00. The Morgan fingerprint density at radius 2 is 2.27 bits per heavy atom. The van der Waals surface area contributed by atoms with E-state index in [0.717, 1.165) is 40.8 Å². The topological polar surface area (TPSA) is 103 Å². The molecule has 0 radical (unpaired) electrons. The number of thioether (sulfide) groups is 1. The number of hydrogen-bond acceptors (Lipinski definition) is 7. The Balaban J connectivity index is 1.61. The van der Waals surface area contributed by atoms with E-state index >= 15 is 0 Å². The fourth-order valence-corrected chi connectivity index (χ4v) is 5.78. The van der Waals surface area contributed by atoms with Crippen LogP contribution in [0.4, 0.5) is 0 Å². The summed E-state index contributed by atoms with van der Waals surface area (Å²) in [7, 11) is 0. The lowest BCUT2D eigenvalue weighted by Crippen LogP contribution is -2.49. The number of nitrogens with zero attached hydrogens (tertiary/aromatic N) is 2. The van der Waals surface area contributed by atoms with Gasteiger partial charge >= 0.3 is 0 Å². The molecule has 1 amide bonds. The molecular weight excluding hydrogens is 468 g/mol. The van der Waals surface area contributed by atoms with Crippen molar-refractivity contribution in [2.45, 2.75) is 44.8 Å². The quantitative estimate of drug-likeness (QED) is 0.631. The summed E-state index contributed by atoms with van der Waals surface area (Å²) in [6, 6.07) is 6.09. The van der Waals surface area contributed by atoms with Crippen LogP contribution in [0.2, 0.25) is 0 Å². The highest BCUT2D eigenvalue weighted by atomic mass is 79.9. The number of aliphatic imine (C=N–C) groups is 1. The molecule has 3 atom stereocenters. The number of carbonyl (C=O) groups excluding carboxylic acids is 1. The highest BCUT2D eigenvalue weighted by Crippen LogP contribution is 2.52. The minimum atomic E-state index is -0.455. The van der Waals surface area contributed by atoms with Crippen molar-refractivity contribution >= 4 is 38.8 Å². The molecule has 0 bridgehead atoms. The molecule has 3 N–H and O–H groups in total. The van der Waals surface area contributed by atoms with E-state index in [2.05, 4.69) is 39.4 Å². The molecule has 4 rings (SSSR count). The van der Waals surface area contributed by atoms with Gasteiger partial charge in [-0.2, -0.15) is 0 Å².